The summed E-state index contributed by atoms with van der Waals surface area (Å²) in [6, 6.07) is 9.74. The van der Waals surface area contributed by atoms with Crippen LogP contribution in [0.4, 0.5) is 0 Å². The van der Waals surface area contributed by atoms with Gasteiger partial charge in [0, 0.05) is 17.2 Å². The van der Waals surface area contributed by atoms with E-state index in [0.29, 0.717) is 6.54 Å². The summed E-state index contributed by atoms with van der Waals surface area (Å²) in [5, 5.41) is 8.41. The molecule has 1 aromatic carbocycles. The van der Waals surface area contributed by atoms with Gasteiger partial charge in [0.15, 0.2) is 0 Å². The van der Waals surface area contributed by atoms with Crippen molar-refractivity contribution < 1.29 is 4.79 Å². The number of benzene rings is 1. The zero-order valence-electron chi connectivity index (χ0n) is 8.40. The molecule has 0 aliphatic carbocycles. The van der Waals surface area contributed by atoms with Gasteiger partial charge >= 0.3 is 0 Å². The zero-order valence-corrected chi connectivity index (χ0v) is 10.6. The molecule has 78 valence electrons. The third kappa shape index (κ3) is 3.51. The number of nitrogens with zero attached hydrogens (tertiary/aromatic N) is 2. The Morgan fingerprint density at radius 3 is 2.80 bits per heavy atom. The minimum Gasteiger partial charge on any atom is -0.341 e. The summed E-state index contributed by atoms with van der Waals surface area (Å²) in [5.41, 5.74) is 1.10. The molecule has 1 aromatic rings. The Kier molecular flexibility index (Phi) is 4.56. The summed E-state index contributed by atoms with van der Waals surface area (Å²) in [4.78, 5) is 12.9. The Balaban J connectivity index is 2.67. The third-order valence-corrected chi connectivity index (χ3v) is 3.07. The van der Waals surface area contributed by atoms with Crippen LogP contribution >= 0.6 is 22.6 Å². The van der Waals surface area contributed by atoms with E-state index < -0.39 is 0 Å². The molecule has 0 saturated heterocycles. The molecule has 0 bridgehead atoms. The van der Waals surface area contributed by atoms with Gasteiger partial charge in [-0.05, 0) is 34.2 Å². The van der Waals surface area contributed by atoms with Gasteiger partial charge < -0.3 is 4.90 Å². The van der Waals surface area contributed by atoms with E-state index in [-0.39, 0.29) is 12.3 Å². The van der Waals surface area contributed by atoms with E-state index in [1.165, 1.54) is 0 Å². The van der Waals surface area contributed by atoms with E-state index in [1.54, 1.807) is 11.9 Å². The maximum absolute atomic E-state index is 11.4. The van der Waals surface area contributed by atoms with Gasteiger partial charge in [0.2, 0.25) is 5.91 Å². The first-order valence-corrected chi connectivity index (χ1v) is 5.57. The van der Waals surface area contributed by atoms with Crippen LogP contribution in [0.5, 0.6) is 0 Å². The predicted molar refractivity (Wildman–Crippen MR) is 65.9 cm³/mol. The van der Waals surface area contributed by atoms with Gasteiger partial charge in [-0.15, -0.1) is 0 Å². The number of carbonyl (C=O) groups is 1. The number of amides is 1. The fourth-order valence-corrected chi connectivity index (χ4v) is 1.73. The van der Waals surface area contributed by atoms with Crippen molar-refractivity contribution in [3.8, 4) is 6.07 Å². The molecular weight excluding hydrogens is 303 g/mol. The second kappa shape index (κ2) is 5.71. The smallest absolute Gasteiger partial charge is 0.236 e. The number of nitriles is 1. The van der Waals surface area contributed by atoms with Crippen LogP contribution in [0.1, 0.15) is 12.0 Å². The lowest BCUT2D eigenvalue weighted by atomic mass is 10.2. The minimum atomic E-state index is -0.142. The summed E-state index contributed by atoms with van der Waals surface area (Å²) < 4.78 is 1.13. The number of hydrogen-bond donors (Lipinski definition) is 0. The van der Waals surface area contributed by atoms with Gasteiger partial charge in [0.05, 0.1) is 6.07 Å². The zero-order chi connectivity index (χ0) is 11.3. The highest BCUT2D eigenvalue weighted by molar-refractivity contribution is 14.1. The number of hydrogen-bond acceptors (Lipinski definition) is 2. The van der Waals surface area contributed by atoms with Crippen LogP contribution in [0.3, 0.4) is 0 Å². The maximum Gasteiger partial charge on any atom is 0.236 e. The van der Waals surface area contributed by atoms with Crippen LogP contribution in [-0.2, 0) is 11.3 Å². The van der Waals surface area contributed by atoms with Crippen LogP contribution in [-0.4, -0.2) is 17.9 Å². The topological polar surface area (TPSA) is 44.1 Å². The molecule has 0 atom stereocenters. The Labute approximate surface area is 103 Å². The van der Waals surface area contributed by atoms with Gasteiger partial charge in [-0.2, -0.15) is 5.26 Å². The van der Waals surface area contributed by atoms with Crippen molar-refractivity contribution in [1.82, 2.24) is 4.90 Å². The van der Waals surface area contributed by atoms with E-state index in [9.17, 15) is 4.79 Å². The summed E-state index contributed by atoms with van der Waals surface area (Å²) in [5.74, 6) is -0.142. The number of carbonyl (C=O) groups excluding carboxylic acids is 1. The molecule has 0 fully saturated rings. The van der Waals surface area contributed by atoms with Gasteiger partial charge in [-0.1, -0.05) is 18.2 Å². The number of halogens is 1. The van der Waals surface area contributed by atoms with Crippen LogP contribution in [0, 0.1) is 14.9 Å². The molecule has 0 N–H and O–H groups in total. The lowest BCUT2D eigenvalue weighted by Crippen LogP contribution is -2.25. The van der Waals surface area contributed by atoms with E-state index in [2.05, 4.69) is 22.6 Å². The van der Waals surface area contributed by atoms with Crippen molar-refractivity contribution in [2.45, 2.75) is 13.0 Å². The molecule has 1 amide bonds. The van der Waals surface area contributed by atoms with Crippen LogP contribution in [0.15, 0.2) is 24.3 Å². The summed E-state index contributed by atoms with van der Waals surface area (Å²) in [6.07, 6.45) is -0.0556. The highest BCUT2D eigenvalue weighted by Crippen LogP contribution is 2.13. The van der Waals surface area contributed by atoms with Gasteiger partial charge in [-0.3, -0.25) is 4.79 Å². The molecule has 0 radical (unpaired) electrons. The highest BCUT2D eigenvalue weighted by atomic mass is 127. The second-order valence-corrected chi connectivity index (χ2v) is 4.34. The van der Waals surface area contributed by atoms with Crippen LogP contribution < -0.4 is 0 Å². The predicted octanol–water partition coefficient (Wildman–Crippen LogP) is 2.16. The molecule has 15 heavy (non-hydrogen) atoms. The van der Waals surface area contributed by atoms with Crippen LogP contribution in [0.2, 0.25) is 0 Å². The average Bonchev–Trinajstić information content (AvgIpc) is 2.21. The van der Waals surface area contributed by atoms with E-state index in [1.807, 2.05) is 30.3 Å². The monoisotopic (exact) mass is 314 g/mol. The highest BCUT2D eigenvalue weighted by Gasteiger charge is 2.09. The maximum atomic E-state index is 11.4. The summed E-state index contributed by atoms with van der Waals surface area (Å²) >= 11 is 2.24. The first-order valence-electron chi connectivity index (χ1n) is 4.49. The molecule has 0 heterocycles. The SMILES string of the molecule is CN(Cc1ccccc1I)C(=O)CC#N. The summed E-state index contributed by atoms with van der Waals surface area (Å²) in [6.45, 7) is 0.555. The normalized spacial score (nSPS) is 9.40. The quantitative estimate of drug-likeness (QED) is 0.803. The molecule has 0 spiro atoms. The Morgan fingerprint density at radius 1 is 1.53 bits per heavy atom. The first-order chi connectivity index (χ1) is 7.15. The second-order valence-electron chi connectivity index (χ2n) is 3.18. The molecule has 1 rings (SSSR count). The average molecular weight is 314 g/mol. The molecule has 0 unspecified atom stereocenters. The molecule has 0 saturated carbocycles. The van der Waals surface area contributed by atoms with E-state index >= 15 is 0 Å². The molecule has 0 aromatic heterocycles. The van der Waals surface area contributed by atoms with Crippen molar-refractivity contribution >= 4 is 28.5 Å². The van der Waals surface area contributed by atoms with Crippen molar-refractivity contribution in [3.05, 3.63) is 33.4 Å². The van der Waals surface area contributed by atoms with Gasteiger partial charge in [0.25, 0.3) is 0 Å². The van der Waals surface area contributed by atoms with Crippen molar-refractivity contribution in [2.24, 2.45) is 0 Å². The standard InChI is InChI=1S/C11H11IN2O/c1-14(11(15)6-7-13)8-9-4-2-3-5-10(9)12/h2-5H,6,8H2,1H3. The fourth-order valence-electron chi connectivity index (χ4n) is 1.17. The fraction of sp³-hybridized carbons (Fsp3) is 0.273. The third-order valence-electron chi connectivity index (χ3n) is 2.02. The van der Waals surface area contributed by atoms with Crippen LogP contribution in [0.25, 0.3) is 0 Å². The van der Waals surface area contributed by atoms with Gasteiger partial charge in [0.1, 0.15) is 6.42 Å². The molecule has 3 nitrogen and oxygen atoms in total. The lowest BCUT2D eigenvalue weighted by molar-refractivity contribution is -0.129. The molecule has 4 heteroatoms. The first kappa shape index (κ1) is 12.0. The molecular formula is C11H11IN2O. The largest absolute Gasteiger partial charge is 0.341 e. The Bertz CT molecular complexity index is 398. The number of rotatable bonds is 3. The summed E-state index contributed by atoms with van der Waals surface area (Å²) in [7, 11) is 1.71. The van der Waals surface area contributed by atoms with Gasteiger partial charge in [-0.25, -0.2) is 0 Å². The van der Waals surface area contributed by atoms with E-state index in [4.69, 9.17) is 5.26 Å². The lowest BCUT2D eigenvalue weighted by Gasteiger charge is -2.16. The van der Waals surface area contributed by atoms with E-state index in [0.717, 1.165) is 9.13 Å². The minimum absolute atomic E-state index is 0.0556. The molecule has 0 aliphatic rings. The van der Waals surface area contributed by atoms with Crippen molar-refractivity contribution in [2.75, 3.05) is 7.05 Å². The van der Waals surface area contributed by atoms with Crippen molar-refractivity contribution in [3.63, 3.8) is 0 Å². The van der Waals surface area contributed by atoms with Crippen molar-refractivity contribution in [1.29, 1.82) is 5.26 Å². The Hall–Kier alpha value is -1.09. The Morgan fingerprint density at radius 2 is 2.20 bits per heavy atom. The molecule has 0 aliphatic heterocycles.